The summed E-state index contributed by atoms with van der Waals surface area (Å²) in [5.41, 5.74) is 0.399. The first-order chi connectivity index (χ1) is 8.00. The van der Waals surface area contributed by atoms with Crippen molar-refractivity contribution in [3.05, 3.63) is 5.82 Å². The second-order valence-electron chi connectivity index (χ2n) is 5.95. The van der Waals surface area contributed by atoms with Gasteiger partial charge in [-0.1, -0.05) is 20.3 Å². The predicted octanol–water partition coefficient (Wildman–Crippen LogP) is 1.92. The minimum atomic E-state index is 0.318. The van der Waals surface area contributed by atoms with E-state index in [1.807, 2.05) is 4.68 Å². The molecule has 1 N–H and O–H groups in total. The molecule has 1 saturated carbocycles. The summed E-state index contributed by atoms with van der Waals surface area (Å²) in [5.74, 6) is 0.933. The molecule has 0 unspecified atom stereocenters. The maximum atomic E-state index is 4.09. The van der Waals surface area contributed by atoms with Crippen molar-refractivity contribution in [3.63, 3.8) is 0 Å². The molecule has 96 valence electrons. The Bertz CT molecular complexity index is 369. The highest BCUT2D eigenvalue weighted by Gasteiger charge is 2.34. The van der Waals surface area contributed by atoms with E-state index >= 15 is 0 Å². The molecule has 2 rings (SSSR count). The largest absolute Gasteiger partial charge is 0.306 e. The summed E-state index contributed by atoms with van der Waals surface area (Å²) in [6, 6.07) is 0.901. The van der Waals surface area contributed by atoms with Crippen molar-refractivity contribution >= 4 is 0 Å². The first-order valence-electron chi connectivity index (χ1n) is 6.51. The number of rotatable bonds is 4. The quantitative estimate of drug-likeness (QED) is 0.869. The third-order valence-corrected chi connectivity index (χ3v) is 3.81. The van der Waals surface area contributed by atoms with E-state index in [1.54, 1.807) is 0 Å². The lowest BCUT2D eigenvalue weighted by atomic mass is 9.87. The minimum absolute atomic E-state index is 0.318. The average Bonchev–Trinajstić information content (AvgIpc) is 2.81. The molecule has 1 aliphatic carbocycles. The summed E-state index contributed by atoms with van der Waals surface area (Å²) in [4.78, 5) is 0. The molecule has 1 aromatic rings. The normalized spacial score (nSPS) is 23.5. The van der Waals surface area contributed by atoms with Gasteiger partial charge < -0.3 is 5.32 Å². The SMILES string of the molecule is CC(C)n1nnnc1CN[C@H]1CCCC1(C)C. The Morgan fingerprint density at radius 1 is 1.47 bits per heavy atom. The van der Waals surface area contributed by atoms with E-state index in [9.17, 15) is 0 Å². The average molecular weight is 237 g/mol. The summed E-state index contributed by atoms with van der Waals surface area (Å²) in [6.45, 7) is 9.63. The zero-order valence-corrected chi connectivity index (χ0v) is 11.3. The molecule has 1 fully saturated rings. The van der Waals surface area contributed by atoms with Crippen molar-refractivity contribution in [3.8, 4) is 0 Å². The van der Waals surface area contributed by atoms with Gasteiger partial charge in [-0.25, -0.2) is 4.68 Å². The van der Waals surface area contributed by atoms with Crippen LogP contribution < -0.4 is 5.32 Å². The molecule has 0 bridgehead atoms. The van der Waals surface area contributed by atoms with Gasteiger partial charge in [0.15, 0.2) is 5.82 Å². The summed E-state index contributed by atoms with van der Waals surface area (Å²) in [7, 11) is 0. The Kier molecular flexibility index (Phi) is 3.47. The lowest BCUT2D eigenvalue weighted by molar-refractivity contribution is 0.278. The van der Waals surface area contributed by atoms with Crippen LogP contribution in [0.25, 0.3) is 0 Å². The van der Waals surface area contributed by atoms with Gasteiger partial charge in [0, 0.05) is 6.04 Å². The van der Waals surface area contributed by atoms with E-state index in [4.69, 9.17) is 0 Å². The second kappa shape index (κ2) is 4.72. The van der Waals surface area contributed by atoms with Crippen molar-refractivity contribution in [2.45, 2.75) is 65.6 Å². The molecule has 1 aromatic heterocycles. The lowest BCUT2D eigenvalue weighted by Gasteiger charge is -2.27. The number of nitrogens with zero attached hydrogens (tertiary/aromatic N) is 4. The van der Waals surface area contributed by atoms with Gasteiger partial charge >= 0.3 is 0 Å². The zero-order chi connectivity index (χ0) is 12.5. The van der Waals surface area contributed by atoms with Crippen molar-refractivity contribution in [1.29, 1.82) is 0 Å². The lowest BCUT2D eigenvalue weighted by Crippen LogP contribution is -2.37. The number of hydrogen-bond acceptors (Lipinski definition) is 4. The summed E-state index contributed by atoms with van der Waals surface area (Å²) < 4.78 is 1.88. The summed E-state index contributed by atoms with van der Waals surface area (Å²) >= 11 is 0. The van der Waals surface area contributed by atoms with Crippen molar-refractivity contribution < 1.29 is 0 Å². The molecule has 0 aromatic carbocycles. The monoisotopic (exact) mass is 237 g/mol. The highest BCUT2D eigenvalue weighted by atomic mass is 15.5. The van der Waals surface area contributed by atoms with Crippen LogP contribution in [0.3, 0.4) is 0 Å². The van der Waals surface area contributed by atoms with Gasteiger partial charge in [0.05, 0.1) is 12.6 Å². The highest BCUT2D eigenvalue weighted by molar-refractivity contribution is 4.92. The highest BCUT2D eigenvalue weighted by Crippen LogP contribution is 2.37. The number of aromatic nitrogens is 4. The van der Waals surface area contributed by atoms with Gasteiger partial charge in [-0.15, -0.1) is 5.10 Å². The van der Waals surface area contributed by atoms with Gasteiger partial charge in [0.1, 0.15) is 0 Å². The predicted molar refractivity (Wildman–Crippen MR) is 66.5 cm³/mol. The molecule has 1 heterocycles. The first kappa shape index (κ1) is 12.5. The Balaban J connectivity index is 1.96. The van der Waals surface area contributed by atoms with E-state index in [0.717, 1.165) is 12.4 Å². The molecular weight excluding hydrogens is 214 g/mol. The third kappa shape index (κ3) is 2.65. The van der Waals surface area contributed by atoms with Crippen LogP contribution in [0.15, 0.2) is 0 Å². The fourth-order valence-electron chi connectivity index (χ4n) is 2.65. The van der Waals surface area contributed by atoms with Crippen LogP contribution in [0.4, 0.5) is 0 Å². The smallest absolute Gasteiger partial charge is 0.165 e. The van der Waals surface area contributed by atoms with Gasteiger partial charge in [-0.05, 0) is 42.5 Å². The minimum Gasteiger partial charge on any atom is -0.306 e. The van der Waals surface area contributed by atoms with E-state index in [1.165, 1.54) is 19.3 Å². The fourth-order valence-corrected chi connectivity index (χ4v) is 2.65. The van der Waals surface area contributed by atoms with Crippen LogP contribution in [0.5, 0.6) is 0 Å². The summed E-state index contributed by atoms with van der Waals surface area (Å²) in [5, 5.41) is 15.5. The first-order valence-corrected chi connectivity index (χ1v) is 6.51. The Morgan fingerprint density at radius 2 is 2.24 bits per heavy atom. The van der Waals surface area contributed by atoms with Crippen LogP contribution >= 0.6 is 0 Å². The van der Waals surface area contributed by atoms with E-state index in [2.05, 4.69) is 48.5 Å². The van der Waals surface area contributed by atoms with E-state index < -0.39 is 0 Å². The third-order valence-electron chi connectivity index (χ3n) is 3.81. The summed E-state index contributed by atoms with van der Waals surface area (Å²) in [6.07, 6.45) is 3.88. The molecular formula is C12H23N5. The topological polar surface area (TPSA) is 55.6 Å². The van der Waals surface area contributed by atoms with Crippen molar-refractivity contribution in [1.82, 2.24) is 25.5 Å². The van der Waals surface area contributed by atoms with Crippen LogP contribution in [0, 0.1) is 5.41 Å². The van der Waals surface area contributed by atoms with E-state index in [0.29, 0.717) is 17.5 Å². The Labute approximate surface area is 103 Å². The maximum absolute atomic E-state index is 4.09. The molecule has 17 heavy (non-hydrogen) atoms. The Morgan fingerprint density at radius 3 is 2.82 bits per heavy atom. The molecule has 0 aliphatic heterocycles. The number of nitrogens with one attached hydrogen (secondary N) is 1. The van der Waals surface area contributed by atoms with Gasteiger partial charge in [0.2, 0.25) is 0 Å². The van der Waals surface area contributed by atoms with Gasteiger partial charge in [0.25, 0.3) is 0 Å². The molecule has 0 saturated heterocycles. The molecule has 5 heteroatoms. The molecule has 0 spiro atoms. The number of tetrazole rings is 1. The fraction of sp³-hybridized carbons (Fsp3) is 0.917. The second-order valence-corrected chi connectivity index (χ2v) is 5.95. The zero-order valence-electron chi connectivity index (χ0n) is 11.3. The van der Waals surface area contributed by atoms with E-state index in [-0.39, 0.29) is 0 Å². The van der Waals surface area contributed by atoms with Crippen molar-refractivity contribution in [2.75, 3.05) is 0 Å². The van der Waals surface area contributed by atoms with Crippen LogP contribution in [-0.4, -0.2) is 26.2 Å². The van der Waals surface area contributed by atoms with Gasteiger partial charge in [-0.2, -0.15) is 0 Å². The Hall–Kier alpha value is -0.970. The molecule has 1 aliphatic rings. The molecule has 5 nitrogen and oxygen atoms in total. The van der Waals surface area contributed by atoms with Crippen LogP contribution in [0.2, 0.25) is 0 Å². The number of hydrogen-bond donors (Lipinski definition) is 1. The molecule has 1 atom stereocenters. The molecule has 0 amide bonds. The van der Waals surface area contributed by atoms with Crippen LogP contribution in [0.1, 0.15) is 58.8 Å². The maximum Gasteiger partial charge on any atom is 0.165 e. The van der Waals surface area contributed by atoms with Gasteiger partial charge in [-0.3, -0.25) is 0 Å². The standard InChI is InChI=1S/C12H23N5/c1-9(2)17-11(14-15-16-17)8-13-10-6-5-7-12(10,3)4/h9-10,13H,5-8H2,1-4H3/t10-/m0/s1. The van der Waals surface area contributed by atoms with Crippen LogP contribution in [-0.2, 0) is 6.54 Å². The molecule has 0 radical (unpaired) electrons. The van der Waals surface area contributed by atoms with Crippen molar-refractivity contribution in [2.24, 2.45) is 5.41 Å².